The summed E-state index contributed by atoms with van der Waals surface area (Å²) in [5.74, 6) is 0.782. The third-order valence-electron chi connectivity index (χ3n) is 3.49. The van der Waals surface area contributed by atoms with E-state index in [9.17, 15) is 8.78 Å². The molecule has 0 spiro atoms. The smallest absolute Gasteiger partial charge is 0.257 e. The molecule has 26 heavy (non-hydrogen) atoms. The SMILES string of the molecule is N=Cc1cnc(Nc2cnn(CC(F)F)c2)nc1NCc1ccccc1. The fraction of sp³-hybridized carbons (Fsp3) is 0.176. The van der Waals surface area contributed by atoms with Gasteiger partial charge in [0.2, 0.25) is 5.95 Å². The van der Waals surface area contributed by atoms with Crippen molar-refractivity contribution in [3.8, 4) is 0 Å². The lowest BCUT2D eigenvalue weighted by Gasteiger charge is -2.10. The van der Waals surface area contributed by atoms with Crippen molar-refractivity contribution in [1.29, 1.82) is 5.41 Å². The van der Waals surface area contributed by atoms with Crippen LogP contribution < -0.4 is 10.6 Å². The topological polar surface area (TPSA) is 91.5 Å². The van der Waals surface area contributed by atoms with Crippen LogP contribution in [0.25, 0.3) is 0 Å². The molecule has 0 atom stereocenters. The molecule has 0 fully saturated rings. The van der Waals surface area contributed by atoms with Crippen LogP contribution >= 0.6 is 0 Å². The molecule has 9 heteroatoms. The predicted octanol–water partition coefficient (Wildman–Crippen LogP) is 3.29. The summed E-state index contributed by atoms with van der Waals surface area (Å²) < 4.78 is 25.9. The summed E-state index contributed by atoms with van der Waals surface area (Å²) in [7, 11) is 0. The largest absolute Gasteiger partial charge is 0.365 e. The van der Waals surface area contributed by atoms with Gasteiger partial charge in [-0.25, -0.2) is 13.8 Å². The van der Waals surface area contributed by atoms with Crippen molar-refractivity contribution in [1.82, 2.24) is 19.7 Å². The van der Waals surface area contributed by atoms with Crippen molar-refractivity contribution in [2.45, 2.75) is 19.5 Å². The van der Waals surface area contributed by atoms with E-state index in [2.05, 4.69) is 25.7 Å². The average molecular weight is 357 g/mol. The van der Waals surface area contributed by atoms with E-state index in [1.54, 1.807) is 0 Å². The van der Waals surface area contributed by atoms with Gasteiger partial charge in [0.05, 0.1) is 17.4 Å². The Labute approximate surface area is 148 Å². The zero-order chi connectivity index (χ0) is 18.4. The molecule has 0 aliphatic heterocycles. The maximum atomic E-state index is 12.4. The van der Waals surface area contributed by atoms with Crippen molar-refractivity contribution < 1.29 is 8.78 Å². The van der Waals surface area contributed by atoms with E-state index < -0.39 is 13.0 Å². The van der Waals surface area contributed by atoms with Crippen LogP contribution in [-0.4, -0.2) is 32.4 Å². The van der Waals surface area contributed by atoms with E-state index in [-0.39, 0.29) is 5.95 Å². The lowest BCUT2D eigenvalue weighted by Crippen LogP contribution is -2.08. The van der Waals surface area contributed by atoms with Gasteiger partial charge >= 0.3 is 0 Å². The number of aromatic nitrogens is 4. The average Bonchev–Trinajstić information content (AvgIpc) is 3.07. The summed E-state index contributed by atoms with van der Waals surface area (Å²) in [5, 5.41) is 17.4. The van der Waals surface area contributed by atoms with E-state index in [0.29, 0.717) is 23.6 Å². The monoisotopic (exact) mass is 357 g/mol. The molecule has 0 saturated carbocycles. The first-order chi connectivity index (χ1) is 12.6. The molecule has 134 valence electrons. The summed E-state index contributed by atoms with van der Waals surface area (Å²) in [4.78, 5) is 8.49. The van der Waals surface area contributed by atoms with Gasteiger partial charge in [-0.05, 0) is 5.56 Å². The molecule has 1 aromatic carbocycles. The van der Waals surface area contributed by atoms with Gasteiger partial charge in [0.25, 0.3) is 6.43 Å². The van der Waals surface area contributed by atoms with Crippen LogP contribution in [0.2, 0.25) is 0 Å². The molecule has 0 aliphatic rings. The first-order valence-electron chi connectivity index (χ1n) is 7.87. The Kier molecular flexibility index (Phi) is 5.47. The molecule has 7 nitrogen and oxygen atoms in total. The van der Waals surface area contributed by atoms with Crippen LogP contribution in [0.3, 0.4) is 0 Å². The van der Waals surface area contributed by atoms with E-state index in [0.717, 1.165) is 16.5 Å². The van der Waals surface area contributed by atoms with E-state index in [4.69, 9.17) is 5.41 Å². The highest BCUT2D eigenvalue weighted by Gasteiger charge is 2.09. The van der Waals surface area contributed by atoms with Crippen molar-refractivity contribution >= 4 is 23.7 Å². The number of benzene rings is 1. The Hall–Kier alpha value is -3.36. The minimum atomic E-state index is -2.47. The summed E-state index contributed by atoms with van der Waals surface area (Å²) in [6, 6.07) is 9.79. The van der Waals surface area contributed by atoms with Gasteiger partial charge in [-0.2, -0.15) is 10.1 Å². The standard InChI is InChI=1S/C17H17F2N7/c18-15(19)11-26-10-14(9-23-26)24-17-22-8-13(6-20)16(25-17)21-7-12-4-2-1-3-5-12/h1-6,8-10,15,20H,7,11H2,(H2,21,22,24,25). The summed E-state index contributed by atoms with van der Waals surface area (Å²) in [5.41, 5.74) is 2.12. The van der Waals surface area contributed by atoms with Gasteiger partial charge < -0.3 is 16.0 Å². The van der Waals surface area contributed by atoms with Gasteiger partial charge in [0, 0.05) is 25.2 Å². The third kappa shape index (κ3) is 4.59. The minimum Gasteiger partial charge on any atom is -0.365 e. The van der Waals surface area contributed by atoms with Crippen LogP contribution in [-0.2, 0) is 13.1 Å². The number of nitrogens with one attached hydrogen (secondary N) is 3. The highest BCUT2D eigenvalue weighted by molar-refractivity contribution is 5.84. The quantitative estimate of drug-likeness (QED) is 0.538. The van der Waals surface area contributed by atoms with Gasteiger partial charge in [0.15, 0.2) is 0 Å². The van der Waals surface area contributed by atoms with Crippen molar-refractivity contribution in [2.75, 3.05) is 10.6 Å². The maximum Gasteiger partial charge on any atom is 0.257 e. The number of anilines is 3. The molecule has 0 aliphatic carbocycles. The predicted molar refractivity (Wildman–Crippen MR) is 95.2 cm³/mol. The molecule has 0 bridgehead atoms. The summed E-state index contributed by atoms with van der Waals surface area (Å²) in [6.45, 7) is 0.0730. The highest BCUT2D eigenvalue weighted by atomic mass is 19.3. The third-order valence-corrected chi connectivity index (χ3v) is 3.49. The Balaban J connectivity index is 1.72. The molecule has 0 amide bonds. The molecule has 2 aromatic heterocycles. The number of hydrogen-bond acceptors (Lipinski definition) is 6. The lowest BCUT2D eigenvalue weighted by atomic mass is 10.2. The second kappa shape index (κ2) is 8.15. The second-order valence-electron chi connectivity index (χ2n) is 5.45. The van der Waals surface area contributed by atoms with Crippen LogP contribution in [0.5, 0.6) is 0 Å². The van der Waals surface area contributed by atoms with E-state index in [1.165, 1.54) is 18.6 Å². The number of halogens is 2. The number of rotatable bonds is 8. The molecule has 0 saturated heterocycles. The Bertz CT molecular complexity index is 865. The zero-order valence-electron chi connectivity index (χ0n) is 13.7. The van der Waals surface area contributed by atoms with Crippen LogP contribution in [0.4, 0.5) is 26.2 Å². The minimum absolute atomic E-state index is 0.280. The van der Waals surface area contributed by atoms with Crippen LogP contribution in [0.1, 0.15) is 11.1 Å². The van der Waals surface area contributed by atoms with Crippen molar-refractivity contribution in [3.05, 3.63) is 60.0 Å². The van der Waals surface area contributed by atoms with E-state index >= 15 is 0 Å². The second-order valence-corrected chi connectivity index (χ2v) is 5.45. The number of hydrogen-bond donors (Lipinski definition) is 3. The van der Waals surface area contributed by atoms with Crippen molar-refractivity contribution in [2.24, 2.45) is 0 Å². The molecule has 3 N–H and O–H groups in total. The van der Waals surface area contributed by atoms with Crippen LogP contribution in [0, 0.1) is 5.41 Å². The summed E-state index contributed by atoms with van der Waals surface area (Å²) in [6.07, 6.45) is 3.08. The molecule has 0 radical (unpaired) electrons. The number of nitrogens with zero attached hydrogens (tertiary/aromatic N) is 4. The Morgan fingerprint density at radius 3 is 2.73 bits per heavy atom. The molecular weight excluding hydrogens is 340 g/mol. The first kappa shape index (κ1) is 17.5. The molecule has 3 aromatic rings. The van der Waals surface area contributed by atoms with Crippen LogP contribution in [0.15, 0.2) is 48.9 Å². The van der Waals surface area contributed by atoms with Gasteiger partial charge in [-0.3, -0.25) is 4.68 Å². The maximum absolute atomic E-state index is 12.4. The normalized spacial score (nSPS) is 10.7. The van der Waals surface area contributed by atoms with Gasteiger partial charge in [-0.15, -0.1) is 0 Å². The molecule has 2 heterocycles. The van der Waals surface area contributed by atoms with Gasteiger partial charge in [0.1, 0.15) is 12.4 Å². The van der Waals surface area contributed by atoms with E-state index in [1.807, 2.05) is 30.3 Å². The fourth-order valence-corrected chi connectivity index (χ4v) is 2.28. The highest BCUT2D eigenvalue weighted by Crippen LogP contribution is 2.17. The molecule has 0 unspecified atom stereocenters. The van der Waals surface area contributed by atoms with Crippen molar-refractivity contribution in [3.63, 3.8) is 0 Å². The first-order valence-corrected chi connectivity index (χ1v) is 7.87. The molecule has 3 rings (SSSR count). The fourth-order valence-electron chi connectivity index (χ4n) is 2.28. The van der Waals surface area contributed by atoms with Gasteiger partial charge in [-0.1, -0.05) is 30.3 Å². The Morgan fingerprint density at radius 1 is 1.19 bits per heavy atom. The molecular formula is C17H17F2N7. The summed E-state index contributed by atoms with van der Waals surface area (Å²) >= 11 is 0. The Morgan fingerprint density at radius 2 is 2.00 bits per heavy atom. The zero-order valence-corrected chi connectivity index (χ0v) is 13.7. The number of alkyl halides is 2. The lowest BCUT2D eigenvalue weighted by molar-refractivity contribution is 0.122.